The van der Waals surface area contributed by atoms with Gasteiger partial charge in [0.25, 0.3) is 0 Å². The monoisotopic (exact) mass is 632 g/mol. The van der Waals surface area contributed by atoms with Crippen molar-refractivity contribution in [2.45, 2.75) is 57.6 Å². The molecule has 1 fully saturated rings. The molecular formula is C35H39F3N6O2. The standard InChI is InChI=1S/C35H39F3N6O2/c1-24(45)16-26-6-8-27(9-7-26)18-43-20-28(30-4-3-5-32(37)34(30)43)19-41-12-14-42(15-13-41)25(2)35(46,21-44-23-39-22-40-44)31-11-10-29(36)17-33(31)38/h3-11,17,20,22-25,45-46H,12-16,18-19,21H2,1-2H3/t24?,25-,35-/m1/s1. The molecule has 0 spiro atoms. The molecule has 0 aliphatic carbocycles. The third-order valence-electron chi connectivity index (χ3n) is 9.15. The third kappa shape index (κ3) is 6.73. The fourth-order valence-electron chi connectivity index (χ4n) is 6.65. The predicted octanol–water partition coefficient (Wildman–Crippen LogP) is 4.72. The molecule has 46 heavy (non-hydrogen) atoms. The van der Waals surface area contributed by atoms with Crippen LogP contribution in [0.25, 0.3) is 10.9 Å². The first kappa shape index (κ1) is 31.9. The van der Waals surface area contributed by atoms with Gasteiger partial charge in [0.1, 0.15) is 35.7 Å². The Morgan fingerprint density at radius 2 is 1.63 bits per heavy atom. The number of aromatic nitrogens is 4. The summed E-state index contributed by atoms with van der Waals surface area (Å²) >= 11 is 0. The lowest BCUT2D eigenvalue weighted by atomic mass is 9.85. The van der Waals surface area contributed by atoms with Crippen LogP contribution in [0.2, 0.25) is 0 Å². The maximum atomic E-state index is 15.2. The smallest absolute Gasteiger partial charge is 0.147 e. The second-order valence-electron chi connectivity index (χ2n) is 12.4. The number of fused-ring (bicyclic) bond motifs is 1. The van der Waals surface area contributed by atoms with E-state index in [1.807, 2.05) is 48.0 Å². The van der Waals surface area contributed by atoms with E-state index < -0.39 is 29.4 Å². The van der Waals surface area contributed by atoms with Crippen LogP contribution in [0.4, 0.5) is 13.2 Å². The number of benzene rings is 3. The molecular weight excluding hydrogens is 593 g/mol. The molecule has 11 heteroatoms. The van der Waals surface area contributed by atoms with Gasteiger partial charge in [-0.25, -0.2) is 22.8 Å². The Balaban J connectivity index is 1.17. The van der Waals surface area contributed by atoms with Crippen molar-refractivity contribution in [1.82, 2.24) is 29.1 Å². The minimum Gasteiger partial charge on any atom is -0.393 e. The zero-order valence-electron chi connectivity index (χ0n) is 26.0. The van der Waals surface area contributed by atoms with E-state index in [9.17, 15) is 14.6 Å². The first-order valence-corrected chi connectivity index (χ1v) is 15.6. The van der Waals surface area contributed by atoms with Crippen LogP contribution >= 0.6 is 0 Å². The van der Waals surface area contributed by atoms with Gasteiger partial charge < -0.3 is 14.8 Å². The number of piperazine rings is 1. The SMILES string of the molecule is CC(O)Cc1ccc(Cn2cc(CN3CCN([C@H](C)[C@](O)(Cn4cncn4)c4ccc(F)cc4F)CC3)c3cccc(F)c32)cc1. The maximum Gasteiger partial charge on any atom is 0.147 e. The van der Waals surface area contributed by atoms with E-state index >= 15 is 8.78 Å². The Labute approximate surface area is 266 Å². The number of halogens is 3. The second-order valence-corrected chi connectivity index (χ2v) is 12.4. The average Bonchev–Trinajstić information content (AvgIpc) is 3.66. The summed E-state index contributed by atoms with van der Waals surface area (Å²) in [5, 5.41) is 26.7. The first-order valence-electron chi connectivity index (χ1n) is 15.6. The molecule has 1 saturated heterocycles. The number of rotatable bonds is 11. The number of hydrogen-bond acceptors (Lipinski definition) is 6. The van der Waals surface area contributed by atoms with Crippen LogP contribution in [0, 0.1) is 17.5 Å². The van der Waals surface area contributed by atoms with Crippen LogP contribution in [0.5, 0.6) is 0 Å². The Morgan fingerprint density at radius 3 is 2.30 bits per heavy atom. The fraction of sp³-hybridized carbons (Fsp3) is 0.371. The van der Waals surface area contributed by atoms with E-state index in [1.54, 1.807) is 13.0 Å². The minimum absolute atomic E-state index is 0.00626. The Bertz CT molecular complexity index is 1770. The van der Waals surface area contributed by atoms with Crippen molar-refractivity contribution in [3.05, 3.63) is 119 Å². The summed E-state index contributed by atoms with van der Waals surface area (Å²) in [6.07, 6.45) is 5.01. The molecule has 2 N–H and O–H groups in total. The van der Waals surface area contributed by atoms with Gasteiger partial charge in [-0.05, 0) is 49.1 Å². The van der Waals surface area contributed by atoms with Crippen molar-refractivity contribution in [2.75, 3.05) is 26.2 Å². The molecule has 1 aliphatic heterocycles. The van der Waals surface area contributed by atoms with Crippen molar-refractivity contribution in [1.29, 1.82) is 0 Å². The van der Waals surface area contributed by atoms with Gasteiger partial charge in [0, 0.05) is 68.5 Å². The summed E-state index contributed by atoms with van der Waals surface area (Å²) in [7, 11) is 0. The van der Waals surface area contributed by atoms with Gasteiger partial charge in [-0.15, -0.1) is 0 Å². The van der Waals surface area contributed by atoms with E-state index in [2.05, 4.69) is 19.9 Å². The largest absolute Gasteiger partial charge is 0.393 e. The lowest BCUT2D eigenvalue weighted by Crippen LogP contribution is -2.57. The normalized spacial score (nSPS) is 17.3. The van der Waals surface area contributed by atoms with Crippen LogP contribution in [-0.2, 0) is 31.7 Å². The highest BCUT2D eigenvalue weighted by Crippen LogP contribution is 2.34. The summed E-state index contributed by atoms with van der Waals surface area (Å²) < 4.78 is 47.4. The lowest BCUT2D eigenvalue weighted by Gasteiger charge is -2.45. The zero-order chi connectivity index (χ0) is 32.4. The van der Waals surface area contributed by atoms with Crippen molar-refractivity contribution < 1.29 is 23.4 Å². The molecule has 6 rings (SSSR count). The summed E-state index contributed by atoms with van der Waals surface area (Å²) in [4.78, 5) is 8.37. The van der Waals surface area contributed by atoms with Gasteiger partial charge in [0.2, 0.25) is 0 Å². The summed E-state index contributed by atoms with van der Waals surface area (Å²) in [6, 6.07) is 15.9. The predicted molar refractivity (Wildman–Crippen MR) is 169 cm³/mol. The molecule has 1 unspecified atom stereocenters. The zero-order valence-corrected chi connectivity index (χ0v) is 26.0. The quantitative estimate of drug-likeness (QED) is 0.220. The number of aliphatic hydroxyl groups is 2. The van der Waals surface area contributed by atoms with Crippen molar-refractivity contribution in [3.8, 4) is 0 Å². The average molecular weight is 633 g/mol. The number of hydrogen-bond donors (Lipinski definition) is 2. The highest BCUT2D eigenvalue weighted by molar-refractivity contribution is 5.84. The van der Waals surface area contributed by atoms with E-state index in [-0.39, 0.29) is 17.9 Å². The summed E-state index contributed by atoms with van der Waals surface area (Å²) in [5.74, 6) is -1.79. The lowest BCUT2D eigenvalue weighted by molar-refractivity contribution is -0.0743. The summed E-state index contributed by atoms with van der Waals surface area (Å²) in [6.45, 7) is 7.28. The molecule has 8 nitrogen and oxygen atoms in total. The Kier molecular flexibility index (Phi) is 9.28. The van der Waals surface area contributed by atoms with Crippen molar-refractivity contribution in [3.63, 3.8) is 0 Å². The Hall–Kier alpha value is -4.03. The molecule has 2 aromatic heterocycles. The van der Waals surface area contributed by atoms with Gasteiger partial charge in [-0.3, -0.25) is 9.80 Å². The van der Waals surface area contributed by atoms with Gasteiger partial charge in [0.15, 0.2) is 0 Å². The Morgan fingerprint density at radius 1 is 0.891 bits per heavy atom. The fourth-order valence-corrected chi connectivity index (χ4v) is 6.65. The van der Waals surface area contributed by atoms with Crippen LogP contribution in [-0.4, -0.2) is 77.7 Å². The van der Waals surface area contributed by atoms with Gasteiger partial charge in [0.05, 0.1) is 18.2 Å². The van der Waals surface area contributed by atoms with E-state index in [0.29, 0.717) is 51.2 Å². The molecule has 3 heterocycles. The van der Waals surface area contributed by atoms with E-state index in [1.165, 1.54) is 29.5 Å². The minimum atomic E-state index is -1.70. The van der Waals surface area contributed by atoms with Crippen molar-refractivity contribution in [2.24, 2.45) is 0 Å². The number of nitrogens with zero attached hydrogens (tertiary/aromatic N) is 6. The third-order valence-corrected chi connectivity index (χ3v) is 9.15. The van der Waals surface area contributed by atoms with E-state index in [0.717, 1.165) is 34.2 Å². The molecule has 0 amide bonds. The summed E-state index contributed by atoms with van der Waals surface area (Å²) in [5.41, 5.74) is 1.99. The van der Waals surface area contributed by atoms with Crippen LogP contribution in [0.3, 0.4) is 0 Å². The van der Waals surface area contributed by atoms with Gasteiger partial charge in [-0.1, -0.05) is 42.5 Å². The van der Waals surface area contributed by atoms with Crippen molar-refractivity contribution >= 4 is 10.9 Å². The molecule has 5 aromatic rings. The van der Waals surface area contributed by atoms with Crippen LogP contribution in [0.1, 0.15) is 36.1 Å². The van der Waals surface area contributed by atoms with Gasteiger partial charge >= 0.3 is 0 Å². The maximum absolute atomic E-state index is 15.2. The second kappa shape index (κ2) is 13.4. The van der Waals surface area contributed by atoms with E-state index in [4.69, 9.17) is 0 Å². The van der Waals surface area contributed by atoms with Crippen LogP contribution < -0.4 is 0 Å². The molecule has 1 aliphatic rings. The number of aliphatic hydroxyl groups excluding tert-OH is 1. The van der Waals surface area contributed by atoms with Crippen LogP contribution in [0.15, 0.2) is 79.5 Å². The van der Waals surface area contributed by atoms with Gasteiger partial charge in [-0.2, -0.15) is 5.10 Å². The number of para-hydroxylation sites is 1. The molecule has 3 atom stereocenters. The molecule has 0 radical (unpaired) electrons. The molecule has 3 aromatic carbocycles. The highest BCUT2D eigenvalue weighted by atomic mass is 19.1. The molecule has 0 saturated carbocycles. The first-order chi connectivity index (χ1) is 22.1. The molecule has 242 valence electrons. The molecule has 0 bridgehead atoms. The topological polar surface area (TPSA) is 82.6 Å². The highest BCUT2D eigenvalue weighted by Gasteiger charge is 2.42.